The number of ether oxygens (including phenoxy) is 3. The highest BCUT2D eigenvalue weighted by molar-refractivity contribution is 5.77. The van der Waals surface area contributed by atoms with Crippen molar-refractivity contribution in [3.8, 4) is 0 Å². The van der Waals surface area contributed by atoms with Crippen molar-refractivity contribution >= 4 is 5.91 Å². The number of hydrogen-bond donors (Lipinski definition) is 1. The Hall–Kier alpha value is -0.910. The van der Waals surface area contributed by atoms with Gasteiger partial charge in [0.2, 0.25) is 5.91 Å². The fraction of sp³-hybridized carbons (Fsp3) is 0.824. The highest BCUT2D eigenvalue weighted by Gasteiger charge is 2.11. The molecule has 0 fully saturated rings. The van der Waals surface area contributed by atoms with Gasteiger partial charge in [0.05, 0.1) is 25.9 Å². The van der Waals surface area contributed by atoms with Gasteiger partial charge in [-0.2, -0.15) is 0 Å². The number of allylic oxidation sites excluding steroid dienone is 1. The van der Waals surface area contributed by atoms with Crippen LogP contribution in [0.4, 0.5) is 0 Å². The van der Waals surface area contributed by atoms with Crippen molar-refractivity contribution < 1.29 is 19.0 Å². The molecule has 5 nitrogen and oxygen atoms in total. The molecule has 0 aliphatic heterocycles. The summed E-state index contributed by atoms with van der Waals surface area (Å²) in [5.74, 6) is -0.0819. The van der Waals surface area contributed by atoms with Gasteiger partial charge in [-0.3, -0.25) is 4.79 Å². The molecule has 0 bridgehead atoms. The van der Waals surface area contributed by atoms with Crippen molar-refractivity contribution in [3.63, 3.8) is 0 Å². The van der Waals surface area contributed by atoms with Gasteiger partial charge >= 0.3 is 0 Å². The molecule has 1 amide bonds. The lowest BCUT2D eigenvalue weighted by Gasteiger charge is -2.18. The number of carbonyl (C=O) groups excluding carboxylic acids is 1. The molecule has 0 aromatic carbocycles. The minimum absolute atomic E-state index is 0.0773. The molecule has 1 aliphatic rings. The lowest BCUT2D eigenvalue weighted by molar-refractivity contribution is -0.127. The zero-order valence-corrected chi connectivity index (χ0v) is 14.1. The third-order valence-corrected chi connectivity index (χ3v) is 3.60. The molecule has 0 aromatic heterocycles. The van der Waals surface area contributed by atoms with Crippen LogP contribution in [0.5, 0.6) is 0 Å². The van der Waals surface area contributed by atoms with Crippen LogP contribution in [0.25, 0.3) is 0 Å². The summed E-state index contributed by atoms with van der Waals surface area (Å²) >= 11 is 0. The van der Waals surface area contributed by atoms with Gasteiger partial charge in [-0.05, 0) is 33.1 Å². The van der Waals surface area contributed by atoms with E-state index in [0.717, 1.165) is 12.8 Å². The monoisotopic (exact) mass is 313 g/mol. The van der Waals surface area contributed by atoms with Crippen molar-refractivity contribution in [2.45, 2.75) is 52.1 Å². The predicted molar refractivity (Wildman–Crippen MR) is 86.9 cm³/mol. The molecule has 5 heteroatoms. The van der Waals surface area contributed by atoms with Crippen LogP contribution >= 0.6 is 0 Å². The Balaban J connectivity index is 2.06. The van der Waals surface area contributed by atoms with E-state index in [-0.39, 0.29) is 18.6 Å². The second-order valence-corrected chi connectivity index (χ2v) is 5.62. The van der Waals surface area contributed by atoms with E-state index in [2.05, 4.69) is 18.3 Å². The number of rotatable bonds is 10. The number of carbonyl (C=O) groups is 1. The maximum absolute atomic E-state index is 11.7. The van der Waals surface area contributed by atoms with Gasteiger partial charge in [0.15, 0.2) is 0 Å². The van der Waals surface area contributed by atoms with Crippen molar-refractivity contribution in [3.05, 3.63) is 11.6 Å². The highest BCUT2D eigenvalue weighted by Crippen LogP contribution is 2.18. The second kappa shape index (κ2) is 12.6. The molecule has 0 radical (unpaired) electrons. The molecule has 1 rings (SSSR count). The van der Waals surface area contributed by atoms with E-state index in [1.807, 2.05) is 6.92 Å². The van der Waals surface area contributed by atoms with E-state index in [1.165, 1.54) is 24.8 Å². The zero-order valence-electron chi connectivity index (χ0n) is 14.1. The smallest absolute Gasteiger partial charge is 0.246 e. The Bertz CT molecular complexity index is 331. The van der Waals surface area contributed by atoms with Gasteiger partial charge in [-0.15, -0.1) is 0 Å². The molecular formula is C17H31NO4. The normalized spacial score (nSPS) is 21.5. The minimum Gasteiger partial charge on any atom is -0.379 e. The first-order valence-electron chi connectivity index (χ1n) is 8.43. The van der Waals surface area contributed by atoms with Gasteiger partial charge in [-0.25, -0.2) is 0 Å². The third-order valence-electron chi connectivity index (χ3n) is 3.60. The quantitative estimate of drug-likeness (QED) is 0.497. The first-order valence-corrected chi connectivity index (χ1v) is 8.43. The van der Waals surface area contributed by atoms with Crippen molar-refractivity contribution in [1.82, 2.24) is 5.32 Å². The van der Waals surface area contributed by atoms with E-state index in [0.29, 0.717) is 33.0 Å². The largest absolute Gasteiger partial charge is 0.379 e. The molecule has 1 unspecified atom stereocenters. The summed E-state index contributed by atoms with van der Waals surface area (Å²) in [6, 6.07) is 0. The van der Waals surface area contributed by atoms with Gasteiger partial charge in [-0.1, -0.05) is 24.5 Å². The Kier molecular flexibility index (Phi) is 11.0. The first kappa shape index (κ1) is 19.1. The Labute approximate surface area is 134 Å². The minimum atomic E-state index is -0.0819. The molecule has 128 valence electrons. The Morgan fingerprint density at radius 1 is 1.23 bits per heavy atom. The summed E-state index contributed by atoms with van der Waals surface area (Å²) in [6.07, 6.45) is 8.08. The van der Waals surface area contributed by atoms with Crippen LogP contribution in [-0.2, 0) is 19.0 Å². The van der Waals surface area contributed by atoms with Gasteiger partial charge in [0.25, 0.3) is 0 Å². The molecule has 22 heavy (non-hydrogen) atoms. The fourth-order valence-corrected chi connectivity index (χ4v) is 2.40. The van der Waals surface area contributed by atoms with E-state index in [1.54, 1.807) is 0 Å². The molecule has 0 aromatic rings. The molecule has 1 aliphatic carbocycles. The van der Waals surface area contributed by atoms with Crippen LogP contribution in [-0.4, -0.2) is 51.6 Å². The summed E-state index contributed by atoms with van der Waals surface area (Å²) in [5.41, 5.74) is 1.37. The van der Waals surface area contributed by atoms with Gasteiger partial charge in [0, 0.05) is 13.2 Å². The number of nitrogens with one attached hydrogen (secondary N) is 1. The van der Waals surface area contributed by atoms with Crippen LogP contribution in [0.1, 0.15) is 46.0 Å². The fourth-order valence-electron chi connectivity index (χ4n) is 2.40. The number of hydrogen-bond acceptors (Lipinski definition) is 4. The van der Waals surface area contributed by atoms with Crippen molar-refractivity contribution in [1.29, 1.82) is 0 Å². The SMILES string of the molecule is CCOCCOCCNC(=O)COC1/C=C(/C)CCCCC1. The summed E-state index contributed by atoms with van der Waals surface area (Å²) in [7, 11) is 0. The van der Waals surface area contributed by atoms with E-state index in [4.69, 9.17) is 14.2 Å². The van der Waals surface area contributed by atoms with E-state index in [9.17, 15) is 4.79 Å². The summed E-state index contributed by atoms with van der Waals surface area (Å²) in [6.45, 7) is 7.08. The lowest BCUT2D eigenvalue weighted by Crippen LogP contribution is -2.32. The molecular weight excluding hydrogens is 282 g/mol. The topological polar surface area (TPSA) is 56.8 Å². The Morgan fingerprint density at radius 3 is 2.86 bits per heavy atom. The summed E-state index contributed by atoms with van der Waals surface area (Å²) in [5, 5.41) is 2.80. The molecule has 0 saturated carbocycles. The van der Waals surface area contributed by atoms with Crippen LogP contribution in [0.15, 0.2) is 11.6 Å². The van der Waals surface area contributed by atoms with Crippen LogP contribution in [0.2, 0.25) is 0 Å². The van der Waals surface area contributed by atoms with Gasteiger partial charge in [0.1, 0.15) is 6.61 Å². The maximum atomic E-state index is 11.7. The van der Waals surface area contributed by atoms with E-state index < -0.39 is 0 Å². The highest BCUT2D eigenvalue weighted by atomic mass is 16.5. The average molecular weight is 313 g/mol. The first-order chi connectivity index (χ1) is 10.7. The molecule has 0 spiro atoms. The molecule has 0 saturated heterocycles. The Morgan fingerprint density at radius 2 is 2.05 bits per heavy atom. The summed E-state index contributed by atoms with van der Waals surface area (Å²) in [4.78, 5) is 11.7. The average Bonchev–Trinajstić information content (AvgIpc) is 2.48. The zero-order chi connectivity index (χ0) is 16.0. The summed E-state index contributed by atoms with van der Waals surface area (Å²) < 4.78 is 16.2. The van der Waals surface area contributed by atoms with Crippen LogP contribution in [0.3, 0.4) is 0 Å². The molecule has 0 heterocycles. The van der Waals surface area contributed by atoms with Crippen LogP contribution < -0.4 is 5.32 Å². The lowest BCUT2D eigenvalue weighted by atomic mass is 9.99. The maximum Gasteiger partial charge on any atom is 0.246 e. The molecule has 1 N–H and O–H groups in total. The van der Waals surface area contributed by atoms with Gasteiger partial charge < -0.3 is 19.5 Å². The third kappa shape index (κ3) is 9.92. The predicted octanol–water partition coefficient (Wildman–Crippen LogP) is 2.45. The van der Waals surface area contributed by atoms with Crippen molar-refractivity contribution in [2.75, 3.05) is 39.6 Å². The van der Waals surface area contributed by atoms with E-state index >= 15 is 0 Å². The van der Waals surface area contributed by atoms with Crippen molar-refractivity contribution in [2.24, 2.45) is 0 Å². The standard InChI is InChI=1S/C17H31NO4/c1-3-20-11-12-21-10-9-18-17(19)14-22-16-8-6-4-5-7-15(2)13-16/h13,16H,3-12,14H2,1-2H3,(H,18,19)/b15-13-. The second-order valence-electron chi connectivity index (χ2n) is 5.62. The molecule has 1 atom stereocenters. The number of amides is 1. The van der Waals surface area contributed by atoms with Crippen LogP contribution in [0, 0.1) is 0 Å².